The number of anilines is 2. The average molecular weight is 361 g/mol. The molecule has 1 saturated heterocycles. The van der Waals surface area contributed by atoms with Gasteiger partial charge in [0.2, 0.25) is 5.95 Å². The second-order valence-corrected chi connectivity index (χ2v) is 5.44. The van der Waals surface area contributed by atoms with Crippen LogP contribution in [0.15, 0.2) is 29.5 Å². The van der Waals surface area contributed by atoms with Gasteiger partial charge < -0.3 is 19.1 Å². The summed E-state index contributed by atoms with van der Waals surface area (Å²) in [6.07, 6.45) is 2.70. The number of morpholine rings is 1. The molecule has 1 aromatic heterocycles. The highest BCUT2D eigenvalue weighted by Crippen LogP contribution is 2.23. The monoisotopic (exact) mass is 361 g/mol. The number of hydrogen-bond acceptors (Lipinski definition) is 8. The first-order valence-electron chi connectivity index (χ1n) is 8.07. The van der Waals surface area contributed by atoms with E-state index in [1.54, 1.807) is 32.6 Å². The topological polar surface area (TPSA) is 81.1 Å². The smallest absolute Gasteiger partial charge is 0.245 e. The predicted molar refractivity (Wildman–Crippen MR) is 95.8 cm³/mol. The molecule has 26 heavy (non-hydrogen) atoms. The van der Waals surface area contributed by atoms with E-state index in [-0.39, 0.29) is 11.8 Å². The highest BCUT2D eigenvalue weighted by atomic mass is 19.1. The molecule has 2 heterocycles. The predicted octanol–water partition coefficient (Wildman–Crippen LogP) is 1.92. The van der Waals surface area contributed by atoms with E-state index in [4.69, 9.17) is 14.2 Å². The molecule has 9 heteroatoms. The quantitative estimate of drug-likeness (QED) is 0.622. The van der Waals surface area contributed by atoms with Gasteiger partial charge in [-0.1, -0.05) is 0 Å². The van der Waals surface area contributed by atoms with E-state index in [2.05, 4.69) is 20.5 Å². The van der Waals surface area contributed by atoms with Gasteiger partial charge in [0.1, 0.15) is 11.5 Å². The number of ether oxygens (including phenoxy) is 3. The van der Waals surface area contributed by atoms with Crippen LogP contribution in [0.1, 0.15) is 5.56 Å². The third-order valence-corrected chi connectivity index (χ3v) is 3.85. The van der Waals surface area contributed by atoms with Crippen LogP contribution < -0.4 is 19.8 Å². The zero-order valence-corrected chi connectivity index (χ0v) is 14.6. The first-order valence-corrected chi connectivity index (χ1v) is 8.07. The molecule has 138 valence electrons. The number of nitrogens with zero attached hydrogens (tertiary/aromatic N) is 4. The lowest BCUT2D eigenvalue weighted by atomic mass is 10.2. The van der Waals surface area contributed by atoms with Crippen molar-refractivity contribution in [3.05, 3.63) is 35.8 Å². The van der Waals surface area contributed by atoms with Crippen LogP contribution in [-0.4, -0.2) is 56.7 Å². The molecule has 0 aliphatic carbocycles. The Kier molecular flexibility index (Phi) is 5.80. The van der Waals surface area contributed by atoms with Crippen molar-refractivity contribution in [3.63, 3.8) is 0 Å². The number of benzene rings is 1. The van der Waals surface area contributed by atoms with E-state index < -0.39 is 5.82 Å². The fraction of sp³-hybridized carbons (Fsp3) is 0.353. The van der Waals surface area contributed by atoms with Crippen molar-refractivity contribution in [2.24, 2.45) is 5.10 Å². The largest absolute Gasteiger partial charge is 0.497 e. The summed E-state index contributed by atoms with van der Waals surface area (Å²) in [5.41, 5.74) is 3.46. The van der Waals surface area contributed by atoms with Gasteiger partial charge >= 0.3 is 0 Å². The Morgan fingerprint density at radius 1 is 1.27 bits per heavy atom. The van der Waals surface area contributed by atoms with Crippen molar-refractivity contribution in [1.82, 2.24) is 9.97 Å². The maximum atomic E-state index is 14.0. The summed E-state index contributed by atoms with van der Waals surface area (Å²) < 4.78 is 29.8. The Balaban J connectivity index is 1.72. The summed E-state index contributed by atoms with van der Waals surface area (Å²) in [6.45, 7) is 2.25. The number of hydrazone groups is 1. The Morgan fingerprint density at radius 3 is 2.81 bits per heavy atom. The summed E-state index contributed by atoms with van der Waals surface area (Å²) >= 11 is 0. The van der Waals surface area contributed by atoms with Gasteiger partial charge in [-0.15, -0.1) is 0 Å². The van der Waals surface area contributed by atoms with Crippen molar-refractivity contribution in [3.8, 4) is 11.5 Å². The molecule has 0 unspecified atom stereocenters. The van der Waals surface area contributed by atoms with Crippen LogP contribution in [0, 0.1) is 5.82 Å². The summed E-state index contributed by atoms with van der Waals surface area (Å²) in [5, 5.41) is 4.11. The van der Waals surface area contributed by atoms with Crippen LogP contribution in [0.2, 0.25) is 0 Å². The van der Waals surface area contributed by atoms with Gasteiger partial charge in [-0.2, -0.15) is 10.1 Å². The number of rotatable bonds is 6. The van der Waals surface area contributed by atoms with Gasteiger partial charge in [0, 0.05) is 24.7 Å². The van der Waals surface area contributed by atoms with Crippen molar-refractivity contribution >= 4 is 18.0 Å². The molecule has 1 aromatic carbocycles. The molecule has 1 aliphatic heterocycles. The zero-order chi connectivity index (χ0) is 18.4. The second kappa shape index (κ2) is 8.43. The molecule has 1 aliphatic rings. The third-order valence-electron chi connectivity index (χ3n) is 3.85. The summed E-state index contributed by atoms with van der Waals surface area (Å²) in [7, 11) is 3.15. The Hall–Kier alpha value is -2.94. The highest BCUT2D eigenvalue weighted by molar-refractivity contribution is 5.84. The van der Waals surface area contributed by atoms with Crippen molar-refractivity contribution < 1.29 is 18.6 Å². The van der Waals surface area contributed by atoms with E-state index in [9.17, 15) is 4.39 Å². The summed E-state index contributed by atoms with van der Waals surface area (Å²) in [4.78, 5) is 9.94. The molecule has 0 amide bonds. The van der Waals surface area contributed by atoms with E-state index in [1.807, 2.05) is 11.0 Å². The normalized spacial score (nSPS) is 14.5. The number of halogens is 1. The zero-order valence-electron chi connectivity index (χ0n) is 14.6. The fourth-order valence-corrected chi connectivity index (χ4v) is 2.49. The Labute approximate surface area is 150 Å². The van der Waals surface area contributed by atoms with Crippen molar-refractivity contribution in [2.45, 2.75) is 0 Å². The van der Waals surface area contributed by atoms with Gasteiger partial charge in [-0.25, -0.2) is 14.8 Å². The number of hydrogen-bond donors (Lipinski definition) is 1. The van der Waals surface area contributed by atoms with Crippen LogP contribution in [0.4, 0.5) is 16.2 Å². The van der Waals surface area contributed by atoms with E-state index in [1.165, 1.54) is 0 Å². The highest BCUT2D eigenvalue weighted by Gasteiger charge is 2.17. The fourth-order valence-electron chi connectivity index (χ4n) is 2.49. The van der Waals surface area contributed by atoms with Crippen molar-refractivity contribution in [2.75, 3.05) is 50.8 Å². The molecule has 0 radical (unpaired) electrons. The molecule has 0 saturated carbocycles. The van der Waals surface area contributed by atoms with E-state index in [0.717, 1.165) is 11.8 Å². The average Bonchev–Trinajstić information content (AvgIpc) is 2.70. The lowest BCUT2D eigenvalue weighted by Crippen LogP contribution is -2.37. The molecule has 1 N–H and O–H groups in total. The molecule has 1 fully saturated rings. The number of nitrogens with one attached hydrogen (secondary N) is 1. The standard InChI is InChI=1S/C17H20FN5O3/c1-24-13-4-3-12(15(9-13)25-2)10-20-22-17-19-11-14(18)16(21-17)23-5-7-26-8-6-23/h3-4,9-11H,5-8H2,1-2H3,(H,19,21,22)/b20-10-. The number of methoxy groups -OCH3 is 2. The minimum Gasteiger partial charge on any atom is -0.497 e. The van der Waals surface area contributed by atoms with Crippen molar-refractivity contribution in [1.29, 1.82) is 0 Å². The van der Waals surface area contributed by atoms with Gasteiger partial charge in [-0.3, -0.25) is 0 Å². The van der Waals surface area contributed by atoms with Crippen LogP contribution in [0.25, 0.3) is 0 Å². The molecular weight excluding hydrogens is 341 g/mol. The minimum atomic E-state index is -0.474. The minimum absolute atomic E-state index is 0.205. The van der Waals surface area contributed by atoms with Gasteiger partial charge in [0.15, 0.2) is 11.6 Å². The molecule has 3 rings (SSSR count). The lowest BCUT2D eigenvalue weighted by Gasteiger charge is -2.27. The summed E-state index contributed by atoms with van der Waals surface area (Å²) in [6, 6.07) is 5.37. The van der Waals surface area contributed by atoms with Gasteiger partial charge in [0.05, 0.1) is 39.8 Å². The molecule has 8 nitrogen and oxygen atoms in total. The Morgan fingerprint density at radius 2 is 2.08 bits per heavy atom. The van der Waals surface area contributed by atoms with Crippen LogP contribution in [0.5, 0.6) is 11.5 Å². The molecule has 0 spiro atoms. The van der Waals surface area contributed by atoms with Gasteiger partial charge in [-0.05, 0) is 12.1 Å². The molecule has 0 atom stereocenters. The second-order valence-electron chi connectivity index (χ2n) is 5.44. The van der Waals surface area contributed by atoms with Crippen LogP contribution in [-0.2, 0) is 4.74 Å². The molecule has 0 bridgehead atoms. The lowest BCUT2D eigenvalue weighted by molar-refractivity contribution is 0.122. The SMILES string of the molecule is COc1ccc(/C=N\Nc2ncc(F)c(N3CCOCC3)n2)c(OC)c1. The van der Waals surface area contributed by atoms with E-state index >= 15 is 0 Å². The van der Waals surface area contributed by atoms with Crippen LogP contribution >= 0.6 is 0 Å². The summed E-state index contributed by atoms with van der Waals surface area (Å²) in [5.74, 6) is 1.27. The third kappa shape index (κ3) is 4.17. The van der Waals surface area contributed by atoms with Gasteiger partial charge in [0.25, 0.3) is 0 Å². The number of aromatic nitrogens is 2. The maximum Gasteiger partial charge on any atom is 0.245 e. The maximum absolute atomic E-state index is 14.0. The molecule has 2 aromatic rings. The van der Waals surface area contributed by atoms with E-state index in [0.29, 0.717) is 37.8 Å². The first kappa shape index (κ1) is 17.9. The first-order chi connectivity index (χ1) is 12.7. The molecular formula is C17H20FN5O3. The van der Waals surface area contributed by atoms with Crippen LogP contribution in [0.3, 0.4) is 0 Å². The Bertz CT molecular complexity index is 781.